The first-order valence-electron chi connectivity index (χ1n) is 3.50. The Kier molecular flexibility index (Phi) is 3.30. The molecule has 62 valence electrons. The summed E-state index contributed by atoms with van der Waals surface area (Å²) in [6.07, 6.45) is 1.37. The van der Waals surface area contributed by atoms with Crippen molar-refractivity contribution in [1.82, 2.24) is 0 Å². The zero-order valence-corrected chi connectivity index (χ0v) is 7.47. The van der Waals surface area contributed by atoms with Gasteiger partial charge in [0.15, 0.2) is 6.40 Å². The standard InChI is InChI=1S/C8H8N2OS/c1-2-11-6-10-8-7(5-9)3-4-12-8/h3-4,6H,2H2,1H3/b10-6+. The molecule has 0 fully saturated rings. The van der Waals surface area contributed by atoms with E-state index in [0.717, 1.165) is 0 Å². The second-order valence-electron chi connectivity index (χ2n) is 1.94. The van der Waals surface area contributed by atoms with Crippen LogP contribution < -0.4 is 0 Å². The Morgan fingerprint density at radius 3 is 3.33 bits per heavy atom. The lowest BCUT2D eigenvalue weighted by molar-refractivity contribution is 0.344. The Balaban J connectivity index is 2.69. The number of ether oxygens (including phenoxy) is 1. The molecule has 0 atom stereocenters. The van der Waals surface area contributed by atoms with E-state index in [-0.39, 0.29) is 0 Å². The molecule has 0 amide bonds. The van der Waals surface area contributed by atoms with Crippen molar-refractivity contribution >= 4 is 22.7 Å². The van der Waals surface area contributed by atoms with Crippen LogP contribution in [0.15, 0.2) is 16.4 Å². The van der Waals surface area contributed by atoms with Crippen LogP contribution in [-0.4, -0.2) is 13.0 Å². The molecule has 1 aromatic rings. The molecule has 0 saturated heterocycles. The first-order chi connectivity index (χ1) is 5.88. The smallest absolute Gasteiger partial charge is 0.175 e. The molecule has 1 heterocycles. The van der Waals surface area contributed by atoms with Gasteiger partial charge in [0.1, 0.15) is 11.1 Å². The average Bonchev–Trinajstić information content (AvgIpc) is 2.52. The minimum Gasteiger partial charge on any atom is -0.483 e. The van der Waals surface area contributed by atoms with Gasteiger partial charge in [-0.05, 0) is 18.4 Å². The van der Waals surface area contributed by atoms with Crippen molar-refractivity contribution < 1.29 is 4.74 Å². The van der Waals surface area contributed by atoms with E-state index in [9.17, 15) is 0 Å². The van der Waals surface area contributed by atoms with Crippen molar-refractivity contribution in [2.45, 2.75) is 6.92 Å². The van der Waals surface area contributed by atoms with Crippen molar-refractivity contribution in [1.29, 1.82) is 5.26 Å². The van der Waals surface area contributed by atoms with Crippen LogP contribution in [0.3, 0.4) is 0 Å². The van der Waals surface area contributed by atoms with Gasteiger partial charge in [-0.25, -0.2) is 4.99 Å². The highest BCUT2D eigenvalue weighted by Gasteiger charge is 1.99. The van der Waals surface area contributed by atoms with E-state index in [1.54, 1.807) is 6.07 Å². The van der Waals surface area contributed by atoms with Gasteiger partial charge in [-0.15, -0.1) is 11.3 Å². The van der Waals surface area contributed by atoms with E-state index in [2.05, 4.69) is 4.99 Å². The minimum absolute atomic E-state index is 0.593. The number of aliphatic imine (C=N–C) groups is 1. The number of nitriles is 1. The highest BCUT2D eigenvalue weighted by Crippen LogP contribution is 2.24. The predicted molar refractivity (Wildman–Crippen MR) is 48.8 cm³/mol. The maximum absolute atomic E-state index is 8.61. The Labute approximate surface area is 74.9 Å². The van der Waals surface area contributed by atoms with Gasteiger partial charge in [-0.3, -0.25) is 0 Å². The molecule has 1 rings (SSSR count). The lowest BCUT2D eigenvalue weighted by atomic mass is 10.4. The summed E-state index contributed by atoms with van der Waals surface area (Å²) in [5.41, 5.74) is 0.593. The largest absolute Gasteiger partial charge is 0.483 e. The molecule has 1 aromatic heterocycles. The predicted octanol–water partition coefficient (Wildman–Crippen LogP) is 2.32. The van der Waals surface area contributed by atoms with Crippen LogP contribution in [-0.2, 0) is 4.74 Å². The monoisotopic (exact) mass is 180 g/mol. The third-order valence-electron chi connectivity index (χ3n) is 1.18. The number of hydrogen-bond acceptors (Lipinski definition) is 4. The van der Waals surface area contributed by atoms with Gasteiger partial charge < -0.3 is 4.74 Å². The van der Waals surface area contributed by atoms with Crippen LogP contribution in [0.4, 0.5) is 5.00 Å². The molecule has 12 heavy (non-hydrogen) atoms. The van der Waals surface area contributed by atoms with Crippen LogP contribution in [0, 0.1) is 11.3 Å². The van der Waals surface area contributed by atoms with E-state index in [1.807, 2.05) is 18.4 Å². The number of rotatable bonds is 3. The van der Waals surface area contributed by atoms with Crippen LogP contribution in [0.25, 0.3) is 0 Å². The van der Waals surface area contributed by atoms with Gasteiger partial charge in [0.05, 0.1) is 12.2 Å². The van der Waals surface area contributed by atoms with Crippen molar-refractivity contribution in [3.63, 3.8) is 0 Å². The van der Waals surface area contributed by atoms with Crippen molar-refractivity contribution in [3.8, 4) is 6.07 Å². The van der Waals surface area contributed by atoms with Gasteiger partial charge in [0.25, 0.3) is 0 Å². The molecule has 4 heteroatoms. The molecule has 0 bridgehead atoms. The fourth-order valence-corrected chi connectivity index (χ4v) is 1.32. The zero-order valence-electron chi connectivity index (χ0n) is 6.65. The van der Waals surface area contributed by atoms with E-state index in [1.165, 1.54) is 17.7 Å². The summed E-state index contributed by atoms with van der Waals surface area (Å²) in [6.45, 7) is 2.47. The second kappa shape index (κ2) is 4.52. The molecule has 0 aliphatic rings. The first kappa shape index (κ1) is 8.75. The van der Waals surface area contributed by atoms with E-state index in [4.69, 9.17) is 10.00 Å². The molecule has 3 nitrogen and oxygen atoms in total. The summed E-state index contributed by atoms with van der Waals surface area (Å²) in [7, 11) is 0. The van der Waals surface area contributed by atoms with Crippen LogP contribution in [0.5, 0.6) is 0 Å². The summed E-state index contributed by atoms with van der Waals surface area (Å²) in [4.78, 5) is 3.98. The normalized spacial score (nSPS) is 10.0. The molecule has 0 saturated carbocycles. The summed E-state index contributed by atoms with van der Waals surface area (Å²) in [6, 6.07) is 3.78. The summed E-state index contributed by atoms with van der Waals surface area (Å²) < 4.78 is 4.91. The molecular formula is C8H8N2OS. The fourth-order valence-electron chi connectivity index (χ4n) is 0.646. The van der Waals surface area contributed by atoms with Crippen molar-refractivity contribution in [2.24, 2.45) is 4.99 Å². The van der Waals surface area contributed by atoms with Gasteiger partial charge in [-0.2, -0.15) is 5.26 Å². The zero-order chi connectivity index (χ0) is 8.81. The lowest BCUT2D eigenvalue weighted by Gasteiger charge is -1.90. The number of nitrogens with zero attached hydrogens (tertiary/aromatic N) is 2. The Morgan fingerprint density at radius 1 is 1.83 bits per heavy atom. The molecule has 0 radical (unpaired) electrons. The summed E-state index contributed by atoms with van der Waals surface area (Å²) >= 11 is 1.42. The topological polar surface area (TPSA) is 45.4 Å². The minimum atomic E-state index is 0.593. The van der Waals surface area contributed by atoms with Crippen LogP contribution >= 0.6 is 11.3 Å². The van der Waals surface area contributed by atoms with Gasteiger partial charge in [0.2, 0.25) is 0 Å². The molecule has 0 aliphatic carbocycles. The van der Waals surface area contributed by atoms with Crippen molar-refractivity contribution in [3.05, 3.63) is 17.0 Å². The Bertz CT molecular complexity index is 311. The average molecular weight is 180 g/mol. The second-order valence-corrected chi connectivity index (χ2v) is 2.84. The third kappa shape index (κ3) is 2.07. The Hall–Kier alpha value is -1.34. The highest BCUT2D eigenvalue weighted by molar-refractivity contribution is 7.14. The summed E-state index contributed by atoms with van der Waals surface area (Å²) in [5, 5.41) is 11.1. The van der Waals surface area contributed by atoms with Gasteiger partial charge in [-0.1, -0.05) is 0 Å². The SMILES string of the molecule is CCO/C=N/c1sccc1C#N. The Morgan fingerprint density at radius 2 is 2.67 bits per heavy atom. The lowest BCUT2D eigenvalue weighted by Crippen LogP contribution is -1.83. The van der Waals surface area contributed by atoms with Gasteiger partial charge in [0, 0.05) is 0 Å². The molecule has 0 N–H and O–H groups in total. The van der Waals surface area contributed by atoms with Crippen molar-refractivity contribution in [2.75, 3.05) is 6.61 Å². The number of hydrogen-bond donors (Lipinski definition) is 0. The molecular weight excluding hydrogens is 172 g/mol. The quantitative estimate of drug-likeness (QED) is 0.529. The molecule has 0 aliphatic heterocycles. The van der Waals surface area contributed by atoms with E-state index in [0.29, 0.717) is 17.2 Å². The molecule has 0 aromatic carbocycles. The maximum Gasteiger partial charge on any atom is 0.175 e. The summed E-state index contributed by atoms with van der Waals surface area (Å²) in [5.74, 6) is 0. The maximum atomic E-state index is 8.61. The highest BCUT2D eigenvalue weighted by atomic mass is 32.1. The third-order valence-corrected chi connectivity index (χ3v) is 2.00. The molecule has 0 unspecified atom stereocenters. The van der Waals surface area contributed by atoms with Crippen LogP contribution in [0.2, 0.25) is 0 Å². The van der Waals surface area contributed by atoms with E-state index >= 15 is 0 Å². The number of thiophene rings is 1. The fraction of sp³-hybridized carbons (Fsp3) is 0.250. The van der Waals surface area contributed by atoms with Gasteiger partial charge >= 0.3 is 0 Å². The molecule has 0 spiro atoms. The van der Waals surface area contributed by atoms with Crippen LogP contribution in [0.1, 0.15) is 12.5 Å². The first-order valence-corrected chi connectivity index (χ1v) is 4.38. The van der Waals surface area contributed by atoms with E-state index < -0.39 is 0 Å².